The van der Waals surface area contributed by atoms with Crippen LogP contribution < -0.4 is 11.0 Å². The topological polar surface area (TPSA) is 62.8 Å². The number of amides is 1. The van der Waals surface area contributed by atoms with E-state index >= 15 is 0 Å². The van der Waals surface area contributed by atoms with Gasteiger partial charge in [-0.3, -0.25) is 25.4 Å². The number of carbonyl (C=O) groups is 1. The first kappa shape index (κ1) is 26.7. The lowest BCUT2D eigenvalue weighted by atomic mass is 9.90. The van der Waals surface area contributed by atoms with E-state index in [-0.39, 0.29) is 11.6 Å². The van der Waals surface area contributed by atoms with Gasteiger partial charge in [0, 0.05) is 36.1 Å². The van der Waals surface area contributed by atoms with Crippen LogP contribution in [0.3, 0.4) is 0 Å². The minimum absolute atomic E-state index is 0.0124. The average molecular weight is 556 g/mol. The molecule has 6 nitrogen and oxygen atoms in total. The minimum Gasteiger partial charge on any atom is -0.317 e. The first-order valence-electron chi connectivity index (χ1n) is 10.6. The predicted molar refractivity (Wildman–Crippen MR) is 132 cm³/mol. The van der Waals surface area contributed by atoms with E-state index in [1.54, 1.807) is 31.3 Å². The fraction of sp³-hybridized carbons (Fsp3) is 0.160. The third kappa shape index (κ3) is 4.85. The number of hydrogen-bond acceptors (Lipinski definition) is 5. The molecule has 0 spiro atoms. The van der Waals surface area contributed by atoms with Gasteiger partial charge >= 0.3 is 6.18 Å². The van der Waals surface area contributed by atoms with Gasteiger partial charge in [-0.05, 0) is 35.0 Å². The molecule has 1 atom stereocenters. The molecular weight excluding hydrogens is 537 g/mol. The summed E-state index contributed by atoms with van der Waals surface area (Å²) in [5.41, 5.74) is 1.98. The second-order valence-electron chi connectivity index (χ2n) is 8.01. The van der Waals surface area contributed by atoms with Gasteiger partial charge in [0.15, 0.2) is 5.82 Å². The molecule has 0 radical (unpaired) electrons. The third-order valence-corrected chi connectivity index (χ3v) is 6.30. The largest absolute Gasteiger partial charge is 0.428 e. The zero-order valence-electron chi connectivity index (χ0n) is 19.3. The summed E-state index contributed by atoms with van der Waals surface area (Å²) in [6.07, 6.45) is -1.26. The number of hydrogen-bond donors (Lipinski definition) is 2. The van der Waals surface area contributed by atoms with Crippen LogP contribution in [0.15, 0.2) is 67.0 Å². The first-order chi connectivity index (χ1) is 17.5. The Balaban J connectivity index is 1.83. The van der Waals surface area contributed by atoms with Crippen LogP contribution in [-0.4, -0.2) is 31.1 Å². The van der Waals surface area contributed by atoms with Crippen molar-refractivity contribution in [3.05, 3.63) is 99.6 Å². The van der Waals surface area contributed by atoms with Gasteiger partial charge < -0.3 is 4.90 Å². The molecule has 12 heteroatoms. The maximum absolute atomic E-state index is 14.4. The van der Waals surface area contributed by atoms with Crippen LogP contribution in [0.5, 0.6) is 0 Å². The summed E-state index contributed by atoms with van der Waals surface area (Å²) in [7, 11) is 2.96. The van der Waals surface area contributed by atoms with Crippen LogP contribution in [0, 0.1) is 5.82 Å². The normalized spacial score (nSPS) is 17.7. The molecule has 0 aromatic heterocycles. The van der Waals surface area contributed by atoms with Crippen molar-refractivity contribution in [3.8, 4) is 0 Å². The number of halogens is 6. The lowest BCUT2D eigenvalue weighted by Gasteiger charge is -2.28. The van der Waals surface area contributed by atoms with Gasteiger partial charge in [0.1, 0.15) is 0 Å². The summed E-state index contributed by atoms with van der Waals surface area (Å²) in [6, 6.07) is 11.4. The van der Waals surface area contributed by atoms with E-state index in [1.807, 2.05) is 0 Å². The summed E-state index contributed by atoms with van der Waals surface area (Å²) < 4.78 is 57.1. The minimum atomic E-state index is -4.97. The molecule has 1 amide bonds. The van der Waals surface area contributed by atoms with E-state index in [1.165, 1.54) is 36.5 Å². The standard InChI is InChI=1S/C25H19Cl2F4N3O3/c1-34(10-9-32-36-2)23(35)18-8-7-17(15-5-3-4-6-16(15)18)21-13-24(37-33-21,25(29,30)31)14-11-19(26)22(28)20(27)12-14/h3-13,32-33H,1-2H3. The Kier molecular flexibility index (Phi) is 7.38. The molecule has 1 unspecified atom stereocenters. The highest BCUT2D eigenvalue weighted by molar-refractivity contribution is 6.35. The summed E-state index contributed by atoms with van der Waals surface area (Å²) >= 11 is 11.6. The van der Waals surface area contributed by atoms with Crippen LogP contribution in [0.2, 0.25) is 10.0 Å². The quantitative estimate of drug-likeness (QED) is 0.212. The zero-order chi connectivity index (χ0) is 27.0. The zero-order valence-corrected chi connectivity index (χ0v) is 20.8. The number of benzene rings is 3. The fourth-order valence-corrected chi connectivity index (χ4v) is 4.42. The van der Waals surface area contributed by atoms with Crippen molar-refractivity contribution in [3.63, 3.8) is 0 Å². The number of nitrogens with zero attached hydrogens (tertiary/aromatic N) is 1. The van der Waals surface area contributed by atoms with E-state index in [4.69, 9.17) is 32.9 Å². The van der Waals surface area contributed by atoms with E-state index in [2.05, 4.69) is 11.0 Å². The lowest BCUT2D eigenvalue weighted by Crippen LogP contribution is -2.42. The van der Waals surface area contributed by atoms with Crippen LogP contribution in [0.25, 0.3) is 16.5 Å². The predicted octanol–water partition coefficient (Wildman–Crippen LogP) is 6.31. The number of carbonyl (C=O) groups excluding carboxylic acids is 1. The third-order valence-electron chi connectivity index (χ3n) is 5.75. The van der Waals surface area contributed by atoms with E-state index in [0.717, 1.165) is 18.2 Å². The molecule has 194 valence electrons. The van der Waals surface area contributed by atoms with Gasteiger partial charge in [0.25, 0.3) is 5.91 Å². The fourth-order valence-electron chi connectivity index (χ4n) is 3.93. The van der Waals surface area contributed by atoms with E-state index < -0.39 is 33.2 Å². The molecule has 0 saturated carbocycles. The SMILES string of the molecule is CONC=CN(C)C(=O)c1ccc(C2=CC(c3cc(Cl)c(F)c(Cl)c3)(C(F)(F)F)ON2)c2ccccc12. The van der Waals surface area contributed by atoms with Crippen LogP contribution in [-0.2, 0) is 15.3 Å². The van der Waals surface area contributed by atoms with Crippen molar-refractivity contribution >= 4 is 45.6 Å². The van der Waals surface area contributed by atoms with Gasteiger partial charge in [0.2, 0.25) is 5.60 Å². The molecule has 0 aliphatic carbocycles. The van der Waals surface area contributed by atoms with Crippen LogP contribution >= 0.6 is 23.2 Å². The molecule has 37 heavy (non-hydrogen) atoms. The molecule has 0 bridgehead atoms. The molecule has 1 heterocycles. The highest BCUT2D eigenvalue weighted by Gasteiger charge is 2.60. The second kappa shape index (κ2) is 10.2. The number of fused-ring (bicyclic) bond motifs is 1. The van der Waals surface area contributed by atoms with Gasteiger partial charge in [0.05, 0.1) is 22.9 Å². The molecule has 2 N–H and O–H groups in total. The van der Waals surface area contributed by atoms with E-state index in [0.29, 0.717) is 21.9 Å². The van der Waals surface area contributed by atoms with E-state index in [9.17, 15) is 22.4 Å². The van der Waals surface area contributed by atoms with Crippen molar-refractivity contribution in [2.24, 2.45) is 0 Å². The van der Waals surface area contributed by atoms with Gasteiger partial charge in [-0.15, -0.1) is 0 Å². The Bertz CT molecular complexity index is 1410. The monoisotopic (exact) mass is 555 g/mol. The Morgan fingerprint density at radius 2 is 1.78 bits per heavy atom. The van der Waals surface area contributed by atoms with Crippen LogP contribution in [0.4, 0.5) is 17.6 Å². The highest BCUT2D eigenvalue weighted by Crippen LogP contribution is 2.49. The number of hydroxylamine groups is 2. The summed E-state index contributed by atoms with van der Waals surface area (Å²) in [6.45, 7) is 0. The van der Waals surface area contributed by atoms with Crippen molar-refractivity contribution in [1.29, 1.82) is 0 Å². The Morgan fingerprint density at radius 1 is 1.14 bits per heavy atom. The molecule has 1 aliphatic heterocycles. The van der Waals surface area contributed by atoms with Crippen molar-refractivity contribution in [1.82, 2.24) is 15.9 Å². The molecular formula is C25H19Cl2F4N3O3. The Morgan fingerprint density at radius 3 is 2.41 bits per heavy atom. The van der Waals surface area contributed by atoms with Crippen molar-refractivity contribution in [2.45, 2.75) is 11.8 Å². The molecule has 1 aliphatic rings. The lowest BCUT2D eigenvalue weighted by molar-refractivity contribution is -0.269. The summed E-state index contributed by atoms with van der Waals surface area (Å²) in [5.74, 6) is -1.40. The second-order valence-corrected chi connectivity index (χ2v) is 8.82. The smallest absolute Gasteiger partial charge is 0.317 e. The molecule has 4 rings (SSSR count). The van der Waals surface area contributed by atoms with Crippen molar-refractivity contribution < 1.29 is 32.0 Å². The maximum atomic E-state index is 14.4. The first-order valence-corrected chi connectivity index (χ1v) is 11.4. The Labute approximate surface area is 218 Å². The summed E-state index contributed by atoms with van der Waals surface area (Å²) in [4.78, 5) is 24.2. The summed E-state index contributed by atoms with van der Waals surface area (Å²) in [5, 5.41) is -0.159. The number of rotatable bonds is 6. The van der Waals surface area contributed by atoms with Gasteiger partial charge in [-0.25, -0.2) is 4.39 Å². The number of nitrogens with one attached hydrogen (secondary N) is 2. The van der Waals surface area contributed by atoms with Crippen molar-refractivity contribution in [2.75, 3.05) is 14.2 Å². The average Bonchev–Trinajstić information content (AvgIpc) is 3.33. The maximum Gasteiger partial charge on any atom is 0.428 e. The molecule has 3 aromatic carbocycles. The van der Waals surface area contributed by atoms with Crippen LogP contribution in [0.1, 0.15) is 21.5 Å². The van der Waals surface area contributed by atoms with Gasteiger partial charge in [-0.1, -0.05) is 53.5 Å². The van der Waals surface area contributed by atoms with Gasteiger partial charge in [-0.2, -0.15) is 13.2 Å². The highest BCUT2D eigenvalue weighted by atomic mass is 35.5. The Hall–Kier alpha value is -3.31. The molecule has 0 saturated heterocycles. The number of alkyl halides is 3. The molecule has 0 fully saturated rings. The molecule has 3 aromatic rings.